The minimum absolute atomic E-state index is 0.0410. The molecule has 24 heavy (non-hydrogen) atoms. The van der Waals surface area contributed by atoms with E-state index in [1.807, 2.05) is 0 Å². The Kier molecular flexibility index (Phi) is 3.90. The number of aromatic amines is 1. The van der Waals surface area contributed by atoms with Crippen LogP contribution in [-0.4, -0.2) is 40.2 Å². The number of carbonyl (C=O) groups is 1. The molecule has 0 aliphatic carbocycles. The quantitative estimate of drug-likeness (QED) is 0.721. The first-order valence-corrected chi connectivity index (χ1v) is 7.08. The van der Waals surface area contributed by atoms with Crippen LogP contribution in [0.4, 0.5) is 0 Å². The predicted octanol–water partition coefficient (Wildman–Crippen LogP) is 2.44. The van der Waals surface area contributed by atoms with E-state index in [-0.39, 0.29) is 11.8 Å². The Labute approximate surface area is 137 Å². The zero-order valence-corrected chi connectivity index (χ0v) is 13.1. The number of aromatic nitrogens is 2. The fourth-order valence-electron chi connectivity index (χ4n) is 2.44. The molecular weight excluding hydrogens is 308 g/mol. The van der Waals surface area contributed by atoms with E-state index in [2.05, 4.69) is 16.0 Å². The first kappa shape index (κ1) is 15.5. The molecule has 0 bridgehead atoms. The minimum atomic E-state index is -0.327. The van der Waals surface area contributed by atoms with Crippen LogP contribution in [0.2, 0.25) is 0 Å². The Morgan fingerprint density at radius 1 is 1.38 bits per heavy atom. The van der Waals surface area contributed by atoms with Crippen molar-refractivity contribution in [2.45, 2.75) is 0 Å². The second-order valence-corrected chi connectivity index (χ2v) is 5.14. The third-order valence-electron chi connectivity index (χ3n) is 3.73. The van der Waals surface area contributed by atoms with Crippen molar-refractivity contribution in [1.82, 2.24) is 15.0 Å². The van der Waals surface area contributed by atoms with Gasteiger partial charge in [-0.2, -0.15) is 5.26 Å². The number of nitrogens with one attached hydrogen (secondary N) is 1. The standard InChI is InChI=1S/C17H14N4O3/c1-21(24-2)17(23)11-4-6-14(19-9-11)15-12-7-10(8-18)3-5-13(12)20-16(15)22/h3-7,9,20,22H,1-2H3. The Morgan fingerprint density at radius 3 is 2.79 bits per heavy atom. The first-order valence-electron chi connectivity index (χ1n) is 7.08. The van der Waals surface area contributed by atoms with Gasteiger partial charge in [0.25, 0.3) is 5.91 Å². The van der Waals surface area contributed by atoms with Gasteiger partial charge in [0, 0.05) is 24.1 Å². The summed E-state index contributed by atoms with van der Waals surface area (Å²) in [6.07, 6.45) is 1.42. The number of aromatic hydroxyl groups is 1. The van der Waals surface area contributed by atoms with Gasteiger partial charge in [0.05, 0.1) is 35.6 Å². The number of fused-ring (bicyclic) bond motifs is 1. The molecule has 3 aromatic rings. The monoisotopic (exact) mass is 322 g/mol. The van der Waals surface area contributed by atoms with E-state index in [4.69, 9.17) is 10.1 Å². The molecule has 0 spiro atoms. The number of benzene rings is 1. The number of nitriles is 1. The van der Waals surface area contributed by atoms with Crippen molar-refractivity contribution in [2.75, 3.05) is 14.2 Å². The molecular formula is C17H14N4O3. The molecule has 0 unspecified atom stereocenters. The summed E-state index contributed by atoms with van der Waals surface area (Å²) in [5.41, 5.74) is 2.52. The van der Waals surface area contributed by atoms with E-state index in [0.717, 1.165) is 5.06 Å². The predicted molar refractivity (Wildman–Crippen MR) is 87.0 cm³/mol. The van der Waals surface area contributed by atoms with Gasteiger partial charge >= 0.3 is 0 Å². The Hall–Kier alpha value is -3.37. The van der Waals surface area contributed by atoms with Gasteiger partial charge in [0.15, 0.2) is 5.88 Å². The molecule has 0 aliphatic rings. The molecule has 0 aliphatic heterocycles. The van der Waals surface area contributed by atoms with E-state index in [9.17, 15) is 9.90 Å². The average molecular weight is 322 g/mol. The van der Waals surface area contributed by atoms with Crippen LogP contribution in [0.25, 0.3) is 22.2 Å². The second-order valence-electron chi connectivity index (χ2n) is 5.14. The summed E-state index contributed by atoms with van der Waals surface area (Å²) in [4.78, 5) is 24.0. The number of amides is 1. The van der Waals surface area contributed by atoms with Crippen molar-refractivity contribution in [3.63, 3.8) is 0 Å². The number of rotatable bonds is 3. The molecule has 2 N–H and O–H groups in total. The average Bonchev–Trinajstić information content (AvgIpc) is 2.95. The van der Waals surface area contributed by atoms with Gasteiger partial charge in [-0.3, -0.25) is 14.6 Å². The maximum absolute atomic E-state index is 12.0. The zero-order chi connectivity index (χ0) is 17.3. The van der Waals surface area contributed by atoms with Crippen LogP contribution < -0.4 is 0 Å². The van der Waals surface area contributed by atoms with Gasteiger partial charge in [-0.1, -0.05) is 0 Å². The molecule has 0 radical (unpaired) electrons. The molecule has 3 rings (SSSR count). The summed E-state index contributed by atoms with van der Waals surface area (Å²) in [5.74, 6) is -0.368. The number of carbonyl (C=O) groups excluding carboxylic acids is 1. The molecule has 7 heteroatoms. The molecule has 0 saturated carbocycles. The summed E-state index contributed by atoms with van der Waals surface area (Å²) in [5, 5.41) is 21.0. The van der Waals surface area contributed by atoms with Crippen LogP contribution in [0.1, 0.15) is 15.9 Å². The van der Waals surface area contributed by atoms with Gasteiger partial charge in [-0.25, -0.2) is 5.06 Å². The Balaban J connectivity index is 2.06. The normalized spacial score (nSPS) is 10.5. The largest absolute Gasteiger partial charge is 0.494 e. The van der Waals surface area contributed by atoms with Gasteiger partial charge < -0.3 is 10.1 Å². The lowest BCUT2D eigenvalue weighted by Gasteiger charge is -2.13. The van der Waals surface area contributed by atoms with Crippen molar-refractivity contribution in [2.24, 2.45) is 0 Å². The maximum atomic E-state index is 12.0. The smallest absolute Gasteiger partial charge is 0.278 e. The van der Waals surface area contributed by atoms with Crippen molar-refractivity contribution >= 4 is 16.8 Å². The summed E-state index contributed by atoms with van der Waals surface area (Å²) in [7, 11) is 2.90. The van der Waals surface area contributed by atoms with Crippen LogP contribution in [0.5, 0.6) is 5.88 Å². The summed E-state index contributed by atoms with van der Waals surface area (Å²) in [6, 6.07) is 10.4. The van der Waals surface area contributed by atoms with Crippen LogP contribution in [0.3, 0.4) is 0 Å². The Bertz CT molecular complexity index is 954. The van der Waals surface area contributed by atoms with Gasteiger partial charge in [0.2, 0.25) is 0 Å². The van der Waals surface area contributed by atoms with Gasteiger partial charge in [-0.05, 0) is 30.3 Å². The molecule has 0 saturated heterocycles. The highest BCUT2D eigenvalue weighted by atomic mass is 16.7. The second kappa shape index (κ2) is 6.02. The summed E-state index contributed by atoms with van der Waals surface area (Å²) < 4.78 is 0. The van der Waals surface area contributed by atoms with Crippen molar-refractivity contribution < 1.29 is 14.7 Å². The van der Waals surface area contributed by atoms with E-state index >= 15 is 0 Å². The molecule has 0 atom stereocenters. The van der Waals surface area contributed by atoms with E-state index < -0.39 is 0 Å². The fourth-order valence-corrected chi connectivity index (χ4v) is 2.44. The van der Waals surface area contributed by atoms with Crippen molar-refractivity contribution in [3.8, 4) is 23.2 Å². The van der Waals surface area contributed by atoms with E-state index in [1.54, 1.807) is 30.3 Å². The number of hydroxylamine groups is 2. The number of hydrogen-bond acceptors (Lipinski definition) is 5. The fraction of sp³-hybridized carbons (Fsp3) is 0.118. The lowest BCUT2D eigenvalue weighted by molar-refractivity contribution is -0.0757. The third-order valence-corrected chi connectivity index (χ3v) is 3.73. The highest BCUT2D eigenvalue weighted by Gasteiger charge is 2.16. The molecule has 1 aromatic carbocycles. The van der Waals surface area contributed by atoms with Gasteiger partial charge in [-0.15, -0.1) is 0 Å². The topological polar surface area (TPSA) is 102 Å². The third kappa shape index (κ3) is 2.55. The number of nitrogens with zero attached hydrogens (tertiary/aromatic N) is 3. The lowest BCUT2D eigenvalue weighted by Crippen LogP contribution is -2.25. The van der Waals surface area contributed by atoms with Crippen molar-refractivity contribution in [1.29, 1.82) is 5.26 Å². The minimum Gasteiger partial charge on any atom is -0.494 e. The lowest BCUT2D eigenvalue weighted by atomic mass is 10.1. The maximum Gasteiger partial charge on any atom is 0.278 e. The Morgan fingerprint density at radius 2 is 2.17 bits per heavy atom. The SMILES string of the molecule is CON(C)C(=O)c1ccc(-c2c(O)[nH]c3ccc(C#N)cc23)nc1. The number of hydrogen-bond donors (Lipinski definition) is 2. The zero-order valence-electron chi connectivity index (χ0n) is 13.1. The highest BCUT2D eigenvalue weighted by Crippen LogP contribution is 2.35. The highest BCUT2D eigenvalue weighted by molar-refractivity contribution is 5.99. The van der Waals surface area contributed by atoms with Gasteiger partial charge in [0.1, 0.15) is 0 Å². The van der Waals surface area contributed by atoms with E-state index in [1.165, 1.54) is 20.4 Å². The van der Waals surface area contributed by atoms with E-state index in [0.29, 0.717) is 33.3 Å². The molecule has 0 fully saturated rings. The van der Waals surface area contributed by atoms with Crippen molar-refractivity contribution in [3.05, 3.63) is 47.7 Å². The van der Waals surface area contributed by atoms with Crippen LogP contribution in [0.15, 0.2) is 36.5 Å². The molecule has 2 heterocycles. The van der Waals surface area contributed by atoms with Crippen LogP contribution in [-0.2, 0) is 4.84 Å². The first-order chi connectivity index (χ1) is 11.5. The number of pyridine rings is 1. The summed E-state index contributed by atoms with van der Waals surface area (Å²) >= 11 is 0. The molecule has 7 nitrogen and oxygen atoms in total. The molecule has 2 aromatic heterocycles. The van der Waals surface area contributed by atoms with Crippen LogP contribution in [0, 0.1) is 11.3 Å². The number of H-pyrrole nitrogens is 1. The molecule has 1 amide bonds. The van der Waals surface area contributed by atoms with Crippen LogP contribution >= 0.6 is 0 Å². The summed E-state index contributed by atoms with van der Waals surface area (Å²) in [6.45, 7) is 0. The molecule has 120 valence electrons.